The van der Waals surface area contributed by atoms with Crippen molar-refractivity contribution in [1.82, 2.24) is 24.1 Å². The number of sulfonamides is 1. The van der Waals surface area contributed by atoms with Crippen molar-refractivity contribution in [3.63, 3.8) is 0 Å². The van der Waals surface area contributed by atoms with Crippen LogP contribution in [0.15, 0.2) is 47.6 Å². The van der Waals surface area contributed by atoms with E-state index in [0.29, 0.717) is 56.4 Å². The second kappa shape index (κ2) is 7.99. The van der Waals surface area contributed by atoms with Crippen LogP contribution < -0.4 is 10.2 Å². The van der Waals surface area contributed by atoms with Crippen molar-refractivity contribution in [2.45, 2.75) is 24.7 Å². The molecule has 1 fully saturated rings. The topological polar surface area (TPSA) is 113 Å². The van der Waals surface area contributed by atoms with Crippen LogP contribution in [0.2, 0.25) is 0 Å². The minimum absolute atomic E-state index is 0.0418. The number of piperazine rings is 1. The molecule has 11 heteroatoms. The van der Waals surface area contributed by atoms with E-state index >= 15 is 0 Å². The van der Waals surface area contributed by atoms with Gasteiger partial charge < -0.3 is 10.2 Å². The van der Waals surface area contributed by atoms with E-state index < -0.39 is 10.0 Å². The monoisotopic (exact) mass is 453 g/mol. The third-order valence-electron chi connectivity index (χ3n) is 5.72. The molecule has 0 aliphatic carbocycles. The quantitative estimate of drug-likeness (QED) is 0.635. The van der Waals surface area contributed by atoms with Crippen LogP contribution in [0.25, 0.3) is 5.82 Å². The lowest BCUT2D eigenvalue weighted by Crippen LogP contribution is -2.49. The lowest BCUT2D eigenvalue weighted by atomic mass is 10.0. The van der Waals surface area contributed by atoms with E-state index in [9.17, 15) is 13.2 Å². The van der Waals surface area contributed by atoms with Gasteiger partial charge in [0.1, 0.15) is 11.6 Å². The first-order chi connectivity index (χ1) is 15.4. The molecule has 3 aromatic rings. The molecule has 166 valence electrons. The highest BCUT2D eigenvalue weighted by Crippen LogP contribution is 2.28. The number of aromatic nitrogens is 4. The zero-order chi connectivity index (χ0) is 22.3. The Morgan fingerprint density at radius 1 is 1.00 bits per heavy atom. The van der Waals surface area contributed by atoms with Gasteiger partial charge in [-0.3, -0.25) is 4.79 Å². The zero-order valence-electron chi connectivity index (χ0n) is 17.6. The summed E-state index contributed by atoms with van der Waals surface area (Å²) < 4.78 is 29.6. The van der Waals surface area contributed by atoms with Gasteiger partial charge in [-0.25, -0.2) is 23.1 Å². The average molecular weight is 454 g/mol. The molecule has 1 N–H and O–H groups in total. The highest BCUT2D eigenvalue weighted by atomic mass is 32.2. The number of hydrogen-bond donors (Lipinski definition) is 1. The molecule has 1 saturated heterocycles. The van der Waals surface area contributed by atoms with E-state index in [-0.39, 0.29) is 10.8 Å². The molecule has 2 aliphatic heterocycles. The first-order valence-electron chi connectivity index (χ1n) is 10.4. The van der Waals surface area contributed by atoms with Crippen LogP contribution in [0, 0.1) is 6.92 Å². The lowest BCUT2D eigenvalue weighted by Gasteiger charge is -2.35. The average Bonchev–Trinajstić information content (AvgIpc) is 3.33. The van der Waals surface area contributed by atoms with Gasteiger partial charge in [-0.1, -0.05) is 0 Å². The normalized spacial score (nSPS) is 17.2. The molecule has 0 radical (unpaired) electrons. The van der Waals surface area contributed by atoms with Crippen molar-refractivity contribution in [3.05, 3.63) is 54.1 Å². The third kappa shape index (κ3) is 3.84. The number of anilines is 2. The number of nitrogens with zero attached hydrogens (tertiary/aromatic N) is 6. The molecule has 1 aromatic carbocycles. The number of carbonyl (C=O) groups is 1. The number of rotatable bonds is 4. The van der Waals surface area contributed by atoms with Crippen molar-refractivity contribution >= 4 is 27.4 Å². The summed E-state index contributed by atoms with van der Waals surface area (Å²) >= 11 is 0. The van der Waals surface area contributed by atoms with E-state index in [1.54, 1.807) is 29.1 Å². The van der Waals surface area contributed by atoms with Gasteiger partial charge in [-0.2, -0.15) is 9.40 Å². The van der Waals surface area contributed by atoms with Crippen LogP contribution in [0.5, 0.6) is 0 Å². The molecule has 0 spiro atoms. The molecule has 32 heavy (non-hydrogen) atoms. The van der Waals surface area contributed by atoms with Gasteiger partial charge in [0, 0.05) is 56.7 Å². The molecular formula is C21H23N7O3S. The van der Waals surface area contributed by atoms with Crippen molar-refractivity contribution in [3.8, 4) is 5.82 Å². The fourth-order valence-corrected chi connectivity index (χ4v) is 5.52. The number of benzene rings is 1. The first kappa shape index (κ1) is 20.6. The maximum absolute atomic E-state index is 13.2. The summed E-state index contributed by atoms with van der Waals surface area (Å²) in [7, 11) is -3.62. The van der Waals surface area contributed by atoms with E-state index in [2.05, 4.69) is 25.3 Å². The van der Waals surface area contributed by atoms with Crippen LogP contribution in [0.1, 0.15) is 17.8 Å². The largest absolute Gasteiger partial charge is 0.354 e. The van der Waals surface area contributed by atoms with Crippen molar-refractivity contribution < 1.29 is 13.2 Å². The van der Waals surface area contributed by atoms with Crippen LogP contribution in [0.4, 0.5) is 11.5 Å². The Morgan fingerprint density at radius 2 is 1.78 bits per heavy atom. The van der Waals surface area contributed by atoms with Crippen LogP contribution >= 0.6 is 0 Å². The number of nitrogens with one attached hydrogen (secondary N) is 1. The maximum Gasteiger partial charge on any atom is 0.243 e. The zero-order valence-corrected chi connectivity index (χ0v) is 18.4. The molecule has 0 atom stereocenters. The minimum atomic E-state index is -3.62. The molecule has 0 saturated carbocycles. The molecular weight excluding hydrogens is 430 g/mol. The number of aryl methyl sites for hydroxylation is 2. The second-order valence-corrected chi connectivity index (χ2v) is 9.78. The highest BCUT2D eigenvalue weighted by molar-refractivity contribution is 7.89. The predicted molar refractivity (Wildman–Crippen MR) is 118 cm³/mol. The fraction of sp³-hybridized carbons (Fsp3) is 0.333. The Kier molecular flexibility index (Phi) is 5.14. The highest BCUT2D eigenvalue weighted by Gasteiger charge is 2.30. The molecule has 1 amide bonds. The Labute approximate surface area is 185 Å². The van der Waals surface area contributed by atoms with Crippen molar-refractivity contribution in [1.29, 1.82) is 0 Å². The van der Waals surface area contributed by atoms with E-state index in [0.717, 1.165) is 11.4 Å². The van der Waals surface area contributed by atoms with Gasteiger partial charge in [0.05, 0.1) is 4.90 Å². The molecule has 2 aromatic heterocycles. The van der Waals surface area contributed by atoms with E-state index in [1.807, 2.05) is 25.3 Å². The van der Waals surface area contributed by atoms with Gasteiger partial charge in [-0.05, 0) is 43.2 Å². The minimum Gasteiger partial charge on any atom is -0.354 e. The summed E-state index contributed by atoms with van der Waals surface area (Å²) in [4.78, 5) is 22.9. The summed E-state index contributed by atoms with van der Waals surface area (Å²) in [5.74, 6) is 2.02. The summed E-state index contributed by atoms with van der Waals surface area (Å²) in [5.41, 5.74) is 1.55. The summed E-state index contributed by atoms with van der Waals surface area (Å²) in [6, 6.07) is 8.62. The summed E-state index contributed by atoms with van der Waals surface area (Å²) in [5, 5.41) is 7.01. The Hall–Kier alpha value is -3.31. The van der Waals surface area contributed by atoms with Crippen molar-refractivity contribution in [2.75, 3.05) is 36.4 Å². The molecule has 10 nitrogen and oxygen atoms in total. The first-order valence-corrected chi connectivity index (χ1v) is 11.9. The lowest BCUT2D eigenvalue weighted by molar-refractivity contribution is -0.116. The predicted octanol–water partition coefficient (Wildman–Crippen LogP) is 1.37. The van der Waals surface area contributed by atoms with Gasteiger partial charge >= 0.3 is 0 Å². The van der Waals surface area contributed by atoms with Crippen molar-refractivity contribution in [2.24, 2.45) is 0 Å². The molecule has 5 rings (SSSR count). The maximum atomic E-state index is 13.2. The van der Waals surface area contributed by atoms with Gasteiger partial charge in [-0.15, -0.1) is 0 Å². The van der Waals surface area contributed by atoms with E-state index in [4.69, 9.17) is 0 Å². The molecule has 4 heterocycles. The second-order valence-electron chi connectivity index (χ2n) is 7.84. The summed E-state index contributed by atoms with van der Waals surface area (Å²) in [6.07, 6.45) is 4.42. The van der Waals surface area contributed by atoms with Gasteiger partial charge in [0.25, 0.3) is 0 Å². The Balaban J connectivity index is 1.32. The summed E-state index contributed by atoms with van der Waals surface area (Å²) in [6.45, 7) is 3.59. The molecule has 0 unspecified atom stereocenters. The van der Waals surface area contributed by atoms with Gasteiger partial charge in [0.2, 0.25) is 15.9 Å². The molecule has 0 bridgehead atoms. The fourth-order valence-electron chi connectivity index (χ4n) is 4.05. The van der Waals surface area contributed by atoms with Crippen LogP contribution in [0.3, 0.4) is 0 Å². The van der Waals surface area contributed by atoms with E-state index in [1.165, 1.54) is 4.31 Å². The smallest absolute Gasteiger partial charge is 0.243 e. The SMILES string of the molecule is Cc1nc(N2CCN(S(=O)(=O)c3ccc4c(c3)CCC(=O)N4)CC2)cc(-n2cccn2)n1. The Bertz CT molecular complexity index is 1270. The molecule has 2 aliphatic rings. The number of carbonyl (C=O) groups excluding carboxylic acids is 1. The van der Waals surface area contributed by atoms with Crippen LogP contribution in [-0.4, -0.2) is 64.6 Å². The van der Waals surface area contributed by atoms with Crippen LogP contribution in [-0.2, 0) is 21.2 Å². The third-order valence-corrected chi connectivity index (χ3v) is 7.62. The Morgan fingerprint density at radius 3 is 2.53 bits per heavy atom. The van der Waals surface area contributed by atoms with Gasteiger partial charge in [0.15, 0.2) is 5.82 Å². The number of amides is 1. The standard InChI is InChI=1S/C21H23N7O3S/c1-15-23-19(14-20(24-15)28-8-2-7-22-28)26-9-11-27(12-10-26)32(30,31)17-4-5-18-16(13-17)3-6-21(29)25-18/h2,4-5,7-8,13-14H,3,6,9-12H2,1H3,(H,25,29). The number of hydrogen-bond acceptors (Lipinski definition) is 7. The number of fused-ring (bicyclic) bond motifs is 1.